The SMILES string of the molecule is CC(C)N[C@@H]1CCN(C2(CNC(=O)c3cn(-c4ncccn4)c4cccc(Cl)c34)CCCCC2)C1. The first-order valence-electron chi connectivity index (χ1n) is 12.8. The maximum absolute atomic E-state index is 13.6. The summed E-state index contributed by atoms with van der Waals surface area (Å²) >= 11 is 6.60. The second-order valence-electron chi connectivity index (χ2n) is 10.3. The van der Waals surface area contributed by atoms with Gasteiger partial charge in [-0.15, -0.1) is 0 Å². The molecule has 0 bridgehead atoms. The van der Waals surface area contributed by atoms with Crippen LogP contribution in [0.1, 0.15) is 62.7 Å². The zero-order valence-electron chi connectivity index (χ0n) is 20.6. The van der Waals surface area contributed by atoms with Gasteiger partial charge < -0.3 is 10.6 Å². The Balaban J connectivity index is 1.40. The molecule has 2 aliphatic rings. The first-order valence-corrected chi connectivity index (χ1v) is 13.2. The summed E-state index contributed by atoms with van der Waals surface area (Å²) < 4.78 is 1.84. The number of carbonyl (C=O) groups is 1. The highest BCUT2D eigenvalue weighted by atomic mass is 35.5. The first kappa shape index (κ1) is 24.2. The van der Waals surface area contributed by atoms with Crippen LogP contribution in [0, 0.1) is 0 Å². The topological polar surface area (TPSA) is 75.1 Å². The monoisotopic (exact) mass is 494 g/mol. The van der Waals surface area contributed by atoms with E-state index in [0.29, 0.717) is 35.2 Å². The van der Waals surface area contributed by atoms with Crippen molar-refractivity contribution in [3.05, 3.63) is 53.4 Å². The second-order valence-corrected chi connectivity index (χ2v) is 10.7. The van der Waals surface area contributed by atoms with E-state index in [2.05, 4.69) is 39.3 Å². The van der Waals surface area contributed by atoms with Gasteiger partial charge in [-0.25, -0.2) is 9.97 Å². The summed E-state index contributed by atoms with van der Waals surface area (Å²) in [7, 11) is 0. The van der Waals surface area contributed by atoms with E-state index in [4.69, 9.17) is 11.6 Å². The van der Waals surface area contributed by atoms with Gasteiger partial charge in [-0.2, -0.15) is 0 Å². The van der Waals surface area contributed by atoms with Gasteiger partial charge in [-0.05, 0) is 37.5 Å². The molecule has 3 aromatic rings. The molecule has 1 aromatic carbocycles. The molecule has 1 saturated heterocycles. The Labute approximate surface area is 212 Å². The van der Waals surface area contributed by atoms with E-state index >= 15 is 0 Å². The van der Waals surface area contributed by atoms with Crippen molar-refractivity contribution in [3.8, 4) is 5.95 Å². The number of nitrogens with one attached hydrogen (secondary N) is 2. The predicted octanol–water partition coefficient (Wildman–Crippen LogP) is 4.58. The highest BCUT2D eigenvalue weighted by Crippen LogP contribution is 2.36. The summed E-state index contributed by atoms with van der Waals surface area (Å²) in [5.41, 5.74) is 1.40. The smallest absolute Gasteiger partial charge is 0.253 e. The predicted molar refractivity (Wildman–Crippen MR) is 140 cm³/mol. The third-order valence-electron chi connectivity index (χ3n) is 7.58. The fourth-order valence-corrected chi connectivity index (χ4v) is 6.22. The van der Waals surface area contributed by atoms with Crippen LogP contribution in [0.25, 0.3) is 16.9 Å². The standard InChI is InChI=1S/C27H35ClN6O/c1-19(2)32-20-10-15-33(16-20)27(11-4-3-5-12-27)18-31-25(35)21-17-34(26-29-13-7-14-30-26)23-9-6-8-22(28)24(21)23/h6-9,13-14,17,19-20,32H,3-5,10-12,15-16,18H2,1-2H3,(H,31,35)/t20-/m1/s1. The first-order chi connectivity index (χ1) is 17.0. The largest absolute Gasteiger partial charge is 0.350 e. The maximum Gasteiger partial charge on any atom is 0.253 e. The number of amides is 1. The Morgan fingerprint density at radius 2 is 1.94 bits per heavy atom. The molecule has 2 fully saturated rings. The van der Waals surface area contributed by atoms with Gasteiger partial charge in [0.2, 0.25) is 5.95 Å². The molecular formula is C27H35ClN6O. The van der Waals surface area contributed by atoms with E-state index in [1.807, 2.05) is 29.0 Å². The van der Waals surface area contributed by atoms with E-state index in [-0.39, 0.29) is 11.4 Å². The third kappa shape index (κ3) is 4.95. The number of hydrogen-bond donors (Lipinski definition) is 2. The van der Waals surface area contributed by atoms with Crippen molar-refractivity contribution >= 4 is 28.4 Å². The van der Waals surface area contributed by atoms with Crippen LogP contribution in [-0.4, -0.2) is 62.6 Å². The van der Waals surface area contributed by atoms with Crippen LogP contribution in [0.4, 0.5) is 0 Å². The van der Waals surface area contributed by atoms with Crippen molar-refractivity contribution in [2.24, 2.45) is 0 Å². The Morgan fingerprint density at radius 1 is 1.17 bits per heavy atom. The molecule has 2 N–H and O–H groups in total. The van der Waals surface area contributed by atoms with E-state index in [1.54, 1.807) is 18.5 Å². The van der Waals surface area contributed by atoms with Gasteiger partial charge in [0.15, 0.2) is 0 Å². The van der Waals surface area contributed by atoms with Crippen LogP contribution >= 0.6 is 11.6 Å². The lowest BCUT2D eigenvalue weighted by atomic mass is 9.80. The second kappa shape index (κ2) is 10.2. The lowest BCUT2D eigenvalue weighted by molar-refractivity contribution is 0.0635. The third-order valence-corrected chi connectivity index (χ3v) is 7.90. The van der Waals surface area contributed by atoms with Crippen molar-refractivity contribution in [2.45, 2.75) is 70.0 Å². The Bertz CT molecular complexity index is 1170. The molecule has 5 rings (SSSR count). The van der Waals surface area contributed by atoms with Crippen LogP contribution in [0.5, 0.6) is 0 Å². The molecule has 186 valence electrons. The van der Waals surface area contributed by atoms with Crippen molar-refractivity contribution in [1.29, 1.82) is 0 Å². The molecule has 35 heavy (non-hydrogen) atoms. The summed E-state index contributed by atoms with van der Waals surface area (Å²) in [6.45, 7) is 7.20. The van der Waals surface area contributed by atoms with Crippen molar-refractivity contribution < 1.29 is 4.79 Å². The van der Waals surface area contributed by atoms with Gasteiger partial charge in [0, 0.05) is 61.2 Å². The molecule has 0 spiro atoms. The summed E-state index contributed by atoms with van der Waals surface area (Å²) in [5.74, 6) is 0.419. The minimum absolute atomic E-state index is 0.0199. The molecule has 0 unspecified atom stereocenters. The number of nitrogens with zero attached hydrogens (tertiary/aromatic N) is 4. The fraction of sp³-hybridized carbons (Fsp3) is 0.519. The molecule has 1 aliphatic carbocycles. The normalized spacial score (nSPS) is 20.5. The lowest BCUT2D eigenvalue weighted by Gasteiger charge is -2.45. The number of halogens is 1. The van der Waals surface area contributed by atoms with Gasteiger partial charge in [-0.3, -0.25) is 14.3 Å². The quantitative estimate of drug-likeness (QED) is 0.503. The van der Waals surface area contributed by atoms with Crippen LogP contribution in [0.15, 0.2) is 42.9 Å². The van der Waals surface area contributed by atoms with Gasteiger partial charge >= 0.3 is 0 Å². The Morgan fingerprint density at radius 3 is 2.69 bits per heavy atom. The summed E-state index contributed by atoms with van der Waals surface area (Å²) in [6, 6.07) is 8.44. The fourth-order valence-electron chi connectivity index (χ4n) is 5.95. The van der Waals surface area contributed by atoms with E-state index in [0.717, 1.165) is 43.3 Å². The molecule has 8 heteroatoms. The summed E-state index contributed by atoms with van der Waals surface area (Å²) in [6.07, 6.45) is 12.3. The number of rotatable bonds is 7. The number of carbonyl (C=O) groups excluding carboxylic acids is 1. The van der Waals surface area contributed by atoms with Gasteiger partial charge in [-0.1, -0.05) is 50.8 Å². The highest BCUT2D eigenvalue weighted by Gasteiger charge is 2.41. The zero-order chi connectivity index (χ0) is 24.4. The van der Waals surface area contributed by atoms with Crippen LogP contribution in [0.3, 0.4) is 0 Å². The molecule has 1 saturated carbocycles. The average molecular weight is 495 g/mol. The van der Waals surface area contributed by atoms with Gasteiger partial charge in [0.25, 0.3) is 5.91 Å². The maximum atomic E-state index is 13.6. The number of aromatic nitrogens is 3. The van der Waals surface area contributed by atoms with Gasteiger partial charge in [0.1, 0.15) is 0 Å². The molecule has 1 amide bonds. The van der Waals surface area contributed by atoms with Crippen molar-refractivity contribution in [3.63, 3.8) is 0 Å². The molecule has 3 heterocycles. The number of fused-ring (bicyclic) bond motifs is 1. The molecule has 7 nitrogen and oxygen atoms in total. The molecule has 0 radical (unpaired) electrons. The van der Waals surface area contributed by atoms with Crippen LogP contribution < -0.4 is 10.6 Å². The summed E-state index contributed by atoms with van der Waals surface area (Å²) in [5, 5.41) is 8.31. The minimum atomic E-state index is -0.0984. The van der Waals surface area contributed by atoms with E-state index < -0.39 is 0 Å². The van der Waals surface area contributed by atoms with Gasteiger partial charge in [0.05, 0.1) is 16.1 Å². The molecular weight excluding hydrogens is 460 g/mol. The molecule has 2 aromatic heterocycles. The highest BCUT2D eigenvalue weighted by molar-refractivity contribution is 6.37. The van der Waals surface area contributed by atoms with Crippen molar-refractivity contribution in [2.75, 3.05) is 19.6 Å². The zero-order valence-corrected chi connectivity index (χ0v) is 21.4. The summed E-state index contributed by atoms with van der Waals surface area (Å²) in [4.78, 5) is 25.0. The average Bonchev–Trinajstić information content (AvgIpc) is 3.49. The Kier molecular flexibility index (Phi) is 7.09. The van der Waals surface area contributed by atoms with Crippen LogP contribution in [0.2, 0.25) is 5.02 Å². The molecule has 1 atom stereocenters. The number of hydrogen-bond acceptors (Lipinski definition) is 5. The van der Waals surface area contributed by atoms with Crippen molar-refractivity contribution in [1.82, 2.24) is 30.1 Å². The van der Waals surface area contributed by atoms with Crippen LogP contribution in [-0.2, 0) is 0 Å². The van der Waals surface area contributed by atoms with E-state index in [1.165, 1.54) is 19.3 Å². The number of benzene rings is 1. The lowest BCUT2D eigenvalue weighted by Crippen LogP contribution is -2.56. The molecule has 1 aliphatic heterocycles. The minimum Gasteiger partial charge on any atom is -0.350 e. The van der Waals surface area contributed by atoms with E-state index in [9.17, 15) is 4.79 Å². The Hall–Kier alpha value is -2.48. The number of likely N-dealkylation sites (tertiary alicyclic amines) is 1.